The number of nitrogens with two attached hydrogens (primary N) is 1. The van der Waals surface area contributed by atoms with Crippen LogP contribution in [0.4, 0.5) is 26.1 Å². The maximum absolute atomic E-state index is 13.6. The number of aliphatic hydroxyl groups is 1. The van der Waals surface area contributed by atoms with Crippen molar-refractivity contribution < 1.29 is 18.6 Å². The molecule has 4 rings (SSSR count). The van der Waals surface area contributed by atoms with Gasteiger partial charge in [-0.25, -0.2) is 18.7 Å². The number of ether oxygens (including phenoxy) is 1. The van der Waals surface area contributed by atoms with Gasteiger partial charge in [0.2, 0.25) is 0 Å². The summed E-state index contributed by atoms with van der Waals surface area (Å²) in [6, 6.07) is 4.28. The molecule has 10 heteroatoms. The van der Waals surface area contributed by atoms with Crippen LogP contribution in [-0.2, 0) is 4.74 Å². The monoisotopic (exact) mass is 479 g/mol. The average Bonchev–Trinajstić information content (AvgIpc) is 3.43. The number of hydrogen-bond acceptors (Lipinski definition) is 8. The number of rotatable bonds is 11. The van der Waals surface area contributed by atoms with Crippen LogP contribution in [-0.4, -0.2) is 52.2 Å². The summed E-state index contributed by atoms with van der Waals surface area (Å²) in [7, 11) is 0. The Hall–Kier alpha value is -2.17. The van der Waals surface area contributed by atoms with E-state index < -0.39 is 11.6 Å². The van der Waals surface area contributed by atoms with Gasteiger partial charge in [0.15, 0.2) is 28.4 Å². The highest BCUT2D eigenvalue weighted by molar-refractivity contribution is 7.99. The maximum atomic E-state index is 13.6. The molecule has 2 aromatic rings. The van der Waals surface area contributed by atoms with Crippen molar-refractivity contribution in [2.45, 2.75) is 68.3 Å². The molecule has 33 heavy (non-hydrogen) atoms. The van der Waals surface area contributed by atoms with E-state index in [1.807, 2.05) is 0 Å². The predicted octanol–water partition coefficient (Wildman–Crippen LogP) is 4.15. The number of nitrogen functional groups attached to an aromatic ring is 1. The fourth-order valence-electron chi connectivity index (χ4n) is 4.20. The fourth-order valence-corrected chi connectivity index (χ4v) is 4.90. The lowest BCUT2D eigenvalue weighted by molar-refractivity contribution is 0.0326. The minimum Gasteiger partial charge on any atom is -0.394 e. The van der Waals surface area contributed by atoms with Gasteiger partial charge in [0.1, 0.15) is 5.69 Å². The fraction of sp³-hybridized carbons (Fsp3) is 0.565. The normalized spacial score (nSPS) is 24.1. The Morgan fingerprint density at radius 3 is 2.67 bits per heavy atom. The Bertz CT molecular complexity index is 967. The van der Waals surface area contributed by atoms with Gasteiger partial charge in [0.05, 0.1) is 19.3 Å². The number of anilines is 3. The Morgan fingerprint density at radius 1 is 1.15 bits per heavy atom. The van der Waals surface area contributed by atoms with Crippen LogP contribution in [0.5, 0.6) is 0 Å². The van der Waals surface area contributed by atoms with Crippen molar-refractivity contribution in [1.82, 2.24) is 9.97 Å². The summed E-state index contributed by atoms with van der Waals surface area (Å²) in [4.78, 5) is 9.28. The van der Waals surface area contributed by atoms with Gasteiger partial charge >= 0.3 is 0 Å². The molecule has 5 N–H and O–H groups in total. The van der Waals surface area contributed by atoms with Crippen LogP contribution in [0.15, 0.2) is 23.4 Å². The van der Waals surface area contributed by atoms with Gasteiger partial charge in [-0.05, 0) is 49.8 Å². The first kappa shape index (κ1) is 24.0. The summed E-state index contributed by atoms with van der Waals surface area (Å²) in [5.41, 5.74) is 7.66. The molecule has 1 aromatic heterocycles. The second-order valence-electron chi connectivity index (χ2n) is 8.60. The summed E-state index contributed by atoms with van der Waals surface area (Å²) < 4.78 is 32.6. The van der Waals surface area contributed by atoms with Crippen molar-refractivity contribution >= 4 is 29.1 Å². The maximum Gasteiger partial charge on any atom is 0.191 e. The molecule has 180 valence electrons. The van der Waals surface area contributed by atoms with Crippen LogP contribution >= 0.6 is 11.8 Å². The number of halogens is 2. The summed E-state index contributed by atoms with van der Waals surface area (Å²) in [5.74, 6) is 0.466. The van der Waals surface area contributed by atoms with E-state index in [4.69, 9.17) is 15.6 Å². The van der Waals surface area contributed by atoms with Crippen molar-refractivity contribution in [2.24, 2.45) is 0 Å². The van der Waals surface area contributed by atoms with Crippen LogP contribution in [0.25, 0.3) is 0 Å². The lowest BCUT2D eigenvalue weighted by Gasteiger charge is -2.18. The molecule has 2 saturated carbocycles. The third kappa shape index (κ3) is 6.04. The summed E-state index contributed by atoms with van der Waals surface area (Å²) in [5, 5.41) is 16.5. The molecule has 0 radical (unpaired) electrons. The van der Waals surface area contributed by atoms with Gasteiger partial charge in [-0.15, -0.1) is 0 Å². The number of hydrogen-bond donors (Lipinski definition) is 4. The molecule has 7 nitrogen and oxygen atoms in total. The third-order valence-electron chi connectivity index (χ3n) is 6.01. The van der Waals surface area contributed by atoms with Gasteiger partial charge in [-0.2, -0.15) is 0 Å². The molecule has 2 aliphatic carbocycles. The van der Waals surface area contributed by atoms with E-state index in [0.29, 0.717) is 29.1 Å². The van der Waals surface area contributed by atoms with E-state index >= 15 is 0 Å². The van der Waals surface area contributed by atoms with E-state index in [-0.39, 0.29) is 30.7 Å². The van der Waals surface area contributed by atoms with E-state index in [2.05, 4.69) is 27.5 Å². The standard InChI is InChI=1S/C23H31F2N5O2S/c1-2-9-33-23-29-21(27-14-4-5-15(11-14)32-8-7-31)20(26)22(30-23)28-19-12-16(19)13-3-6-17(24)18(25)10-13/h3,6,10,14-16,19,31H,2,4-5,7-9,11-12,26H2,1H3,(H2,27,28,29,30). The van der Waals surface area contributed by atoms with Crippen LogP contribution in [0, 0.1) is 11.6 Å². The molecule has 1 heterocycles. The van der Waals surface area contributed by atoms with Gasteiger partial charge < -0.3 is 26.2 Å². The lowest BCUT2D eigenvalue weighted by Crippen LogP contribution is -2.21. The zero-order valence-electron chi connectivity index (χ0n) is 18.7. The van der Waals surface area contributed by atoms with Crippen LogP contribution in [0.3, 0.4) is 0 Å². The Kier molecular flexibility index (Phi) is 7.87. The first-order valence-electron chi connectivity index (χ1n) is 11.5. The van der Waals surface area contributed by atoms with Crippen molar-refractivity contribution in [1.29, 1.82) is 0 Å². The van der Waals surface area contributed by atoms with Crippen LogP contribution in [0.1, 0.15) is 50.5 Å². The second-order valence-corrected chi connectivity index (χ2v) is 9.66. The zero-order valence-corrected chi connectivity index (χ0v) is 19.5. The van der Waals surface area contributed by atoms with Crippen molar-refractivity contribution in [3.63, 3.8) is 0 Å². The van der Waals surface area contributed by atoms with Crippen LogP contribution < -0.4 is 16.4 Å². The number of nitrogens with zero attached hydrogens (tertiary/aromatic N) is 2. The first-order valence-corrected chi connectivity index (χ1v) is 12.5. The number of aliphatic hydroxyl groups excluding tert-OH is 1. The third-order valence-corrected chi connectivity index (χ3v) is 7.07. The largest absolute Gasteiger partial charge is 0.394 e. The molecule has 1 aromatic carbocycles. The second kappa shape index (κ2) is 10.8. The quantitative estimate of drug-likeness (QED) is 0.281. The predicted molar refractivity (Wildman–Crippen MR) is 127 cm³/mol. The number of nitrogens with one attached hydrogen (secondary N) is 2. The Morgan fingerprint density at radius 2 is 1.94 bits per heavy atom. The SMILES string of the molecule is CCCSc1nc(NC2CCC(OCCO)C2)c(N)c(NC2CC2c2ccc(F)c(F)c2)n1. The van der Waals surface area contributed by atoms with Crippen molar-refractivity contribution in [3.8, 4) is 0 Å². The van der Waals surface area contributed by atoms with E-state index in [9.17, 15) is 8.78 Å². The van der Waals surface area contributed by atoms with Crippen molar-refractivity contribution in [2.75, 3.05) is 35.3 Å². The number of benzene rings is 1. The zero-order chi connectivity index (χ0) is 23.4. The van der Waals surface area contributed by atoms with Gasteiger partial charge in [-0.1, -0.05) is 24.8 Å². The first-order chi connectivity index (χ1) is 16.0. The minimum atomic E-state index is -0.840. The molecular weight excluding hydrogens is 448 g/mol. The highest BCUT2D eigenvalue weighted by Gasteiger charge is 2.39. The van der Waals surface area contributed by atoms with Crippen LogP contribution in [0.2, 0.25) is 0 Å². The highest BCUT2D eigenvalue weighted by Crippen LogP contribution is 2.44. The molecule has 0 bridgehead atoms. The molecule has 0 saturated heterocycles. The molecule has 0 amide bonds. The summed E-state index contributed by atoms with van der Waals surface area (Å²) in [6.45, 7) is 2.47. The number of aromatic nitrogens is 2. The average molecular weight is 480 g/mol. The molecule has 2 aliphatic rings. The van der Waals surface area contributed by atoms with Gasteiger partial charge in [-0.3, -0.25) is 0 Å². The van der Waals surface area contributed by atoms with Crippen molar-refractivity contribution in [3.05, 3.63) is 35.4 Å². The van der Waals surface area contributed by atoms with Gasteiger partial charge in [0.25, 0.3) is 0 Å². The molecule has 2 fully saturated rings. The molecule has 0 spiro atoms. The van der Waals surface area contributed by atoms with E-state index in [1.165, 1.54) is 12.1 Å². The molecule has 0 aliphatic heterocycles. The van der Waals surface area contributed by atoms with Gasteiger partial charge in [0, 0.05) is 23.8 Å². The molecule has 4 atom stereocenters. The smallest absolute Gasteiger partial charge is 0.191 e. The molecular formula is C23H31F2N5O2S. The lowest BCUT2D eigenvalue weighted by atomic mass is 10.1. The summed E-state index contributed by atoms with van der Waals surface area (Å²) in [6.07, 6.45) is 4.58. The number of thioether (sulfide) groups is 1. The minimum absolute atomic E-state index is 0.0211. The molecule has 4 unspecified atom stereocenters. The highest BCUT2D eigenvalue weighted by atomic mass is 32.2. The summed E-state index contributed by atoms with van der Waals surface area (Å²) >= 11 is 1.57. The Labute approximate surface area is 196 Å². The van der Waals surface area contributed by atoms with E-state index in [1.54, 1.807) is 17.8 Å². The topological polar surface area (TPSA) is 105 Å². The van der Waals surface area contributed by atoms with E-state index in [0.717, 1.165) is 43.4 Å². The Balaban J connectivity index is 1.46.